The lowest BCUT2D eigenvalue weighted by molar-refractivity contribution is 0.143. The van der Waals surface area contributed by atoms with Crippen LogP contribution in [0.15, 0.2) is 12.3 Å². The molecule has 0 spiro atoms. The van der Waals surface area contributed by atoms with Crippen LogP contribution in [0.3, 0.4) is 0 Å². The van der Waals surface area contributed by atoms with Crippen LogP contribution >= 0.6 is 11.8 Å². The van der Waals surface area contributed by atoms with Crippen LogP contribution in [0.2, 0.25) is 0 Å². The fraction of sp³-hybridized carbons (Fsp3) is 0.714. The standard InChI is InChI=1S/C7H13NOS/c1-2-10-6-8-7-4-3-5-9-7/h3,5,7-8H,2,4,6H2,1H3. The maximum absolute atomic E-state index is 5.19. The highest BCUT2D eigenvalue weighted by molar-refractivity contribution is 7.99. The van der Waals surface area contributed by atoms with Crippen molar-refractivity contribution in [1.82, 2.24) is 5.32 Å². The smallest absolute Gasteiger partial charge is 0.153 e. The van der Waals surface area contributed by atoms with E-state index in [2.05, 4.69) is 12.2 Å². The van der Waals surface area contributed by atoms with Gasteiger partial charge >= 0.3 is 0 Å². The summed E-state index contributed by atoms with van der Waals surface area (Å²) in [6.45, 7) is 2.15. The second kappa shape index (κ2) is 4.63. The van der Waals surface area contributed by atoms with E-state index < -0.39 is 0 Å². The van der Waals surface area contributed by atoms with Crippen molar-refractivity contribution in [1.29, 1.82) is 0 Å². The highest BCUT2D eigenvalue weighted by Crippen LogP contribution is 2.06. The summed E-state index contributed by atoms with van der Waals surface area (Å²) in [5.41, 5.74) is 0. The molecule has 1 N–H and O–H groups in total. The van der Waals surface area contributed by atoms with E-state index in [4.69, 9.17) is 4.74 Å². The monoisotopic (exact) mass is 159 g/mol. The molecule has 1 rings (SSSR count). The first-order valence-corrected chi connectivity index (χ1v) is 4.70. The van der Waals surface area contributed by atoms with Gasteiger partial charge in [-0.25, -0.2) is 0 Å². The van der Waals surface area contributed by atoms with Gasteiger partial charge in [-0.1, -0.05) is 6.92 Å². The van der Waals surface area contributed by atoms with Crippen molar-refractivity contribution >= 4 is 11.8 Å². The van der Waals surface area contributed by atoms with Gasteiger partial charge in [-0.2, -0.15) is 0 Å². The van der Waals surface area contributed by atoms with Crippen molar-refractivity contribution in [2.75, 3.05) is 11.6 Å². The van der Waals surface area contributed by atoms with E-state index in [0.29, 0.717) is 0 Å². The van der Waals surface area contributed by atoms with E-state index in [1.165, 1.54) is 0 Å². The molecule has 0 aromatic carbocycles. The van der Waals surface area contributed by atoms with Crippen molar-refractivity contribution < 1.29 is 4.74 Å². The normalized spacial score (nSPS) is 23.1. The van der Waals surface area contributed by atoms with Crippen LogP contribution in [0, 0.1) is 0 Å². The number of thioether (sulfide) groups is 1. The average Bonchev–Trinajstić information content (AvgIpc) is 2.41. The first kappa shape index (κ1) is 7.95. The van der Waals surface area contributed by atoms with Crippen molar-refractivity contribution in [3.05, 3.63) is 12.3 Å². The minimum atomic E-state index is 0.235. The van der Waals surface area contributed by atoms with Crippen LogP contribution in [-0.2, 0) is 4.74 Å². The molecule has 0 aromatic heterocycles. The molecule has 3 heteroatoms. The molecule has 0 saturated carbocycles. The molecule has 1 aliphatic heterocycles. The summed E-state index contributed by atoms with van der Waals surface area (Å²) in [5, 5.41) is 3.26. The topological polar surface area (TPSA) is 21.3 Å². The van der Waals surface area contributed by atoms with Gasteiger partial charge in [-0.3, -0.25) is 5.32 Å². The van der Waals surface area contributed by atoms with E-state index in [9.17, 15) is 0 Å². The van der Waals surface area contributed by atoms with Gasteiger partial charge in [0.2, 0.25) is 0 Å². The maximum Gasteiger partial charge on any atom is 0.153 e. The lowest BCUT2D eigenvalue weighted by Crippen LogP contribution is -2.27. The van der Waals surface area contributed by atoms with E-state index in [0.717, 1.165) is 18.1 Å². The molecule has 0 aliphatic carbocycles. The zero-order chi connectivity index (χ0) is 7.23. The molecule has 1 aliphatic rings. The molecule has 0 aromatic rings. The number of hydrogen-bond donors (Lipinski definition) is 1. The van der Waals surface area contributed by atoms with Crippen LogP contribution < -0.4 is 5.32 Å². The number of nitrogens with one attached hydrogen (secondary N) is 1. The predicted molar refractivity (Wildman–Crippen MR) is 44.8 cm³/mol. The second-order valence-electron chi connectivity index (χ2n) is 2.07. The van der Waals surface area contributed by atoms with E-state index in [-0.39, 0.29) is 6.23 Å². The molecule has 58 valence electrons. The molecular weight excluding hydrogens is 146 g/mol. The highest BCUT2D eigenvalue weighted by Gasteiger charge is 2.08. The number of rotatable bonds is 4. The Morgan fingerprint density at radius 3 is 3.30 bits per heavy atom. The molecular formula is C7H13NOS. The first-order chi connectivity index (χ1) is 4.93. The van der Waals surface area contributed by atoms with E-state index in [1.807, 2.05) is 17.8 Å². The molecule has 0 amide bonds. The van der Waals surface area contributed by atoms with Crippen molar-refractivity contribution in [2.45, 2.75) is 19.6 Å². The Bertz CT molecular complexity index is 108. The SMILES string of the molecule is CCSCNC1CC=CO1. The summed E-state index contributed by atoms with van der Waals surface area (Å²) in [5.74, 6) is 2.15. The summed E-state index contributed by atoms with van der Waals surface area (Å²) in [4.78, 5) is 0. The van der Waals surface area contributed by atoms with Gasteiger partial charge in [0.05, 0.1) is 6.26 Å². The Hall–Kier alpha value is -0.150. The molecule has 2 nitrogen and oxygen atoms in total. The van der Waals surface area contributed by atoms with Gasteiger partial charge in [-0.15, -0.1) is 11.8 Å². The zero-order valence-electron chi connectivity index (χ0n) is 6.17. The Balaban J connectivity index is 1.93. The third kappa shape index (κ3) is 2.62. The third-order valence-electron chi connectivity index (χ3n) is 1.31. The Kier molecular flexibility index (Phi) is 3.68. The zero-order valence-corrected chi connectivity index (χ0v) is 6.99. The maximum atomic E-state index is 5.19. The fourth-order valence-electron chi connectivity index (χ4n) is 0.770. The predicted octanol–water partition coefficient (Wildman–Crippen LogP) is 1.55. The third-order valence-corrected chi connectivity index (χ3v) is 2.09. The minimum absolute atomic E-state index is 0.235. The summed E-state index contributed by atoms with van der Waals surface area (Å²) >= 11 is 1.88. The van der Waals surface area contributed by atoms with Crippen LogP contribution in [0.5, 0.6) is 0 Å². The molecule has 0 bridgehead atoms. The van der Waals surface area contributed by atoms with Gasteiger partial charge < -0.3 is 4.74 Å². The van der Waals surface area contributed by atoms with Gasteiger partial charge in [0, 0.05) is 12.3 Å². The van der Waals surface area contributed by atoms with Gasteiger partial charge in [-0.05, 0) is 11.8 Å². The summed E-state index contributed by atoms with van der Waals surface area (Å²) in [7, 11) is 0. The number of ether oxygens (including phenoxy) is 1. The first-order valence-electron chi connectivity index (χ1n) is 3.55. The second-order valence-corrected chi connectivity index (χ2v) is 3.35. The van der Waals surface area contributed by atoms with Crippen LogP contribution in [0.25, 0.3) is 0 Å². The quantitative estimate of drug-likeness (QED) is 0.496. The molecule has 1 unspecified atom stereocenters. The molecule has 10 heavy (non-hydrogen) atoms. The highest BCUT2D eigenvalue weighted by atomic mass is 32.2. The molecule has 0 fully saturated rings. The van der Waals surface area contributed by atoms with Crippen molar-refractivity contribution in [3.8, 4) is 0 Å². The lowest BCUT2D eigenvalue weighted by Gasteiger charge is -2.10. The summed E-state index contributed by atoms with van der Waals surface area (Å²) in [6.07, 6.45) is 5.03. The Morgan fingerprint density at radius 1 is 1.80 bits per heavy atom. The van der Waals surface area contributed by atoms with Gasteiger partial charge in [0.1, 0.15) is 0 Å². The van der Waals surface area contributed by atoms with Crippen LogP contribution in [0.1, 0.15) is 13.3 Å². The van der Waals surface area contributed by atoms with Gasteiger partial charge in [0.25, 0.3) is 0 Å². The number of hydrogen-bond acceptors (Lipinski definition) is 3. The summed E-state index contributed by atoms with van der Waals surface area (Å²) in [6, 6.07) is 0. The van der Waals surface area contributed by atoms with Crippen LogP contribution in [0.4, 0.5) is 0 Å². The molecule has 1 atom stereocenters. The minimum Gasteiger partial charge on any atom is -0.483 e. The van der Waals surface area contributed by atoms with Crippen molar-refractivity contribution in [2.24, 2.45) is 0 Å². The fourth-order valence-corrected chi connectivity index (χ4v) is 1.28. The average molecular weight is 159 g/mol. The summed E-state index contributed by atoms with van der Waals surface area (Å²) < 4.78 is 5.19. The van der Waals surface area contributed by atoms with Crippen molar-refractivity contribution in [3.63, 3.8) is 0 Å². The van der Waals surface area contributed by atoms with E-state index >= 15 is 0 Å². The van der Waals surface area contributed by atoms with E-state index in [1.54, 1.807) is 6.26 Å². The molecule has 0 radical (unpaired) electrons. The van der Waals surface area contributed by atoms with Gasteiger partial charge in [0.15, 0.2) is 6.23 Å². The Labute approximate surface area is 66.0 Å². The molecule has 0 saturated heterocycles. The largest absolute Gasteiger partial charge is 0.483 e. The lowest BCUT2D eigenvalue weighted by atomic mass is 10.4. The molecule has 1 heterocycles. The Morgan fingerprint density at radius 2 is 2.70 bits per heavy atom. The van der Waals surface area contributed by atoms with Crippen LogP contribution in [-0.4, -0.2) is 17.9 Å².